The molecule has 1 saturated carbocycles. The van der Waals surface area contributed by atoms with Gasteiger partial charge in [0.05, 0.1) is 0 Å². The molecule has 1 N–H and O–H groups in total. The minimum atomic E-state index is -0.154. The SMILES string of the molecule is Cc1cc(-c2ccc(F)cc2CNC2CC2)cs1. The van der Waals surface area contributed by atoms with Crippen LogP contribution in [0, 0.1) is 12.7 Å². The molecule has 0 atom stereocenters. The number of rotatable bonds is 4. The van der Waals surface area contributed by atoms with Crippen LogP contribution in [0.5, 0.6) is 0 Å². The quantitative estimate of drug-likeness (QED) is 0.873. The maximum atomic E-state index is 13.4. The number of hydrogen-bond donors (Lipinski definition) is 1. The fraction of sp³-hybridized carbons (Fsp3) is 0.333. The lowest BCUT2D eigenvalue weighted by atomic mass is 10.0. The van der Waals surface area contributed by atoms with E-state index in [9.17, 15) is 4.39 Å². The summed E-state index contributed by atoms with van der Waals surface area (Å²) in [7, 11) is 0. The van der Waals surface area contributed by atoms with Crippen molar-refractivity contribution < 1.29 is 4.39 Å². The molecule has 1 aromatic carbocycles. The Hall–Kier alpha value is -1.19. The highest BCUT2D eigenvalue weighted by Gasteiger charge is 2.20. The first-order chi connectivity index (χ1) is 8.72. The summed E-state index contributed by atoms with van der Waals surface area (Å²) < 4.78 is 13.4. The van der Waals surface area contributed by atoms with Gasteiger partial charge in [0.15, 0.2) is 0 Å². The van der Waals surface area contributed by atoms with Crippen LogP contribution in [0.1, 0.15) is 23.3 Å². The third-order valence-electron chi connectivity index (χ3n) is 3.27. The summed E-state index contributed by atoms with van der Waals surface area (Å²) in [6.07, 6.45) is 2.50. The Morgan fingerprint density at radius 3 is 2.83 bits per heavy atom. The second-order valence-corrected chi connectivity index (χ2v) is 6.02. The Kier molecular flexibility index (Phi) is 3.18. The molecule has 0 unspecified atom stereocenters. The van der Waals surface area contributed by atoms with Crippen LogP contribution < -0.4 is 5.32 Å². The summed E-state index contributed by atoms with van der Waals surface area (Å²) in [4.78, 5) is 1.29. The fourth-order valence-electron chi connectivity index (χ4n) is 2.12. The molecule has 0 bridgehead atoms. The zero-order valence-corrected chi connectivity index (χ0v) is 11.2. The van der Waals surface area contributed by atoms with Crippen LogP contribution in [0.25, 0.3) is 11.1 Å². The van der Waals surface area contributed by atoms with Gasteiger partial charge in [-0.3, -0.25) is 0 Å². The molecule has 0 aliphatic heterocycles. The van der Waals surface area contributed by atoms with Gasteiger partial charge in [0.1, 0.15) is 5.82 Å². The normalized spacial score (nSPS) is 15.0. The largest absolute Gasteiger partial charge is 0.310 e. The van der Waals surface area contributed by atoms with E-state index in [1.165, 1.54) is 23.3 Å². The highest BCUT2D eigenvalue weighted by Crippen LogP contribution is 2.29. The molecule has 0 radical (unpaired) electrons. The van der Waals surface area contributed by atoms with E-state index in [2.05, 4.69) is 23.7 Å². The minimum absolute atomic E-state index is 0.154. The Labute approximate surface area is 111 Å². The van der Waals surface area contributed by atoms with Crippen LogP contribution in [0.15, 0.2) is 29.6 Å². The first kappa shape index (κ1) is 11.9. The lowest BCUT2D eigenvalue weighted by Crippen LogP contribution is -2.16. The highest BCUT2D eigenvalue weighted by molar-refractivity contribution is 7.10. The van der Waals surface area contributed by atoms with Crippen molar-refractivity contribution in [3.05, 3.63) is 45.9 Å². The summed E-state index contributed by atoms with van der Waals surface area (Å²) in [6.45, 7) is 2.85. The van der Waals surface area contributed by atoms with Gasteiger partial charge >= 0.3 is 0 Å². The van der Waals surface area contributed by atoms with Crippen LogP contribution in [-0.4, -0.2) is 6.04 Å². The van der Waals surface area contributed by atoms with Gasteiger partial charge in [-0.05, 0) is 60.0 Å². The predicted octanol–water partition coefficient (Wildman–Crippen LogP) is 4.11. The van der Waals surface area contributed by atoms with Crippen LogP contribution in [0.4, 0.5) is 4.39 Å². The van der Waals surface area contributed by atoms with Crippen LogP contribution >= 0.6 is 11.3 Å². The van der Waals surface area contributed by atoms with Crippen LogP contribution in [0.3, 0.4) is 0 Å². The average Bonchev–Trinajstić information content (AvgIpc) is 3.08. The molecule has 0 saturated heterocycles. The Morgan fingerprint density at radius 2 is 2.17 bits per heavy atom. The summed E-state index contributed by atoms with van der Waals surface area (Å²) >= 11 is 1.73. The number of nitrogens with one attached hydrogen (secondary N) is 1. The molecule has 3 rings (SSSR count). The topological polar surface area (TPSA) is 12.0 Å². The average molecular weight is 261 g/mol. The van der Waals surface area contributed by atoms with Gasteiger partial charge in [-0.1, -0.05) is 6.07 Å². The zero-order chi connectivity index (χ0) is 12.5. The minimum Gasteiger partial charge on any atom is -0.310 e. The molecular weight excluding hydrogens is 245 g/mol. The third-order valence-corrected chi connectivity index (χ3v) is 4.13. The fourth-order valence-corrected chi connectivity index (χ4v) is 2.82. The van der Waals surface area contributed by atoms with Crippen molar-refractivity contribution >= 4 is 11.3 Å². The summed E-state index contributed by atoms with van der Waals surface area (Å²) in [5, 5.41) is 5.60. The van der Waals surface area contributed by atoms with Crippen LogP contribution in [0.2, 0.25) is 0 Å². The van der Waals surface area contributed by atoms with Gasteiger partial charge in [-0.2, -0.15) is 0 Å². The van der Waals surface area contributed by atoms with Crippen molar-refractivity contribution in [2.45, 2.75) is 32.4 Å². The maximum Gasteiger partial charge on any atom is 0.123 e. The van der Waals surface area contributed by atoms with Gasteiger partial charge in [0, 0.05) is 17.5 Å². The molecule has 0 spiro atoms. The number of aryl methyl sites for hydroxylation is 1. The number of benzene rings is 1. The molecule has 1 fully saturated rings. The van der Waals surface area contributed by atoms with Gasteiger partial charge in [-0.25, -0.2) is 4.39 Å². The monoisotopic (exact) mass is 261 g/mol. The molecule has 3 heteroatoms. The lowest BCUT2D eigenvalue weighted by molar-refractivity contribution is 0.620. The molecule has 1 aliphatic rings. The van der Waals surface area contributed by atoms with Crippen molar-refractivity contribution in [2.24, 2.45) is 0 Å². The smallest absolute Gasteiger partial charge is 0.123 e. The Morgan fingerprint density at radius 1 is 1.33 bits per heavy atom. The summed E-state index contributed by atoms with van der Waals surface area (Å²) in [6, 6.07) is 7.89. The first-order valence-electron chi connectivity index (χ1n) is 6.30. The molecule has 2 aromatic rings. The molecule has 1 heterocycles. The van der Waals surface area contributed by atoms with E-state index >= 15 is 0 Å². The molecule has 1 nitrogen and oxygen atoms in total. The summed E-state index contributed by atoms with van der Waals surface area (Å²) in [5.74, 6) is -0.154. The second kappa shape index (κ2) is 4.82. The van der Waals surface area contributed by atoms with E-state index in [-0.39, 0.29) is 5.82 Å². The molecular formula is C15H16FNS. The van der Waals surface area contributed by atoms with Crippen LogP contribution in [-0.2, 0) is 6.54 Å². The molecule has 0 amide bonds. The maximum absolute atomic E-state index is 13.4. The van der Waals surface area contributed by atoms with Crippen molar-refractivity contribution in [2.75, 3.05) is 0 Å². The standard InChI is InChI=1S/C15H16FNS/c1-10-6-12(9-18-10)15-5-2-13(16)7-11(15)8-17-14-3-4-14/h2,5-7,9,14,17H,3-4,8H2,1H3. The van der Waals surface area contributed by atoms with Gasteiger partial charge in [-0.15, -0.1) is 11.3 Å². The van der Waals surface area contributed by atoms with E-state index < -0.39 is 0 Å². The van der Waals surface area contributed by atoms with Gasteiger partial charge < -0.3 is 5.32 Å². The van der Waals surface area contributed by atoms with Gasteiger partial charge in [0.2, 0.25) is 0 Å². The third kappa shape index (κ3) is 2.62. The van der Waals surface area contributed by atoms with E-state index in [0.29, 0.717) is 6.04 Å². The first-order valence-corrected chi connectivity index (χ1v) is 7.17. The number of hydrogen-bond acceptors (Lipinski definition) is 2. The van der Waals surface area contributed by atoms with E-state index in [1.807, 2.05) is 6.07 Å². The van der Waals surface area contributed by atoms with Gasteiger partial charge in [0.25, 0.3) is 0 Å². The zero-order valence-electron chi connectivity index (χ0n) is 10.4. The van der Waals surface area contributed by atoms with Crippen molar-refractivity contribution in [1.82, 2.24) is 5.32 Å². The number of halogens is 1. The molecule has 1 aromatic heterocycles. The lowest BCUT2D eigenvalue weighted by Gasteiger charge is -2.09. The predicted molar refractivity (Wildman–Crippen MR) is 74.3 cm³/mol. The second-order valence-electron chi connectivity index (χ2n) is 4.90. The van der Waals surface area contributed by atoms with E-state index in [0.717, 1.165) is 17.7 Å². The molecule has 1 aliphatic carbocycles. The molecule has 18 heavy (non-hydrogen) atoms. The Balaban J connectivity index is 1.91. The van der Waals surface area contributed by atoms with E-state index in [4.69, 9.17) is 0 Å². The summed E-state index contributed by atoms with van der Waals surface area (Å²) in [5.41, 5.74) is 3.40. The number of thiophene rings is 1. The van der Waals surface area contributed by atoms with Crippen molar-refractivity contribution in [3.63, 3.8) is 0 Å². The van der Waals surface area contributed by atoms with E-state index in [1.54, 1.807) is 23.5 Å². The Bertz CT molecular complexity index is 557. The highest BCUT2D eigenvalue weighted by atomic mass is 32.1. The molecule has 94 valence electrons. The van der Waals surface area contributed by atoms with Crippen molar-refractivity contribution in [1.29, 1.82) is 0 Å². The van der Waals surface area contributed by atoms with Crippen molar-refractivity contribution in [3.8, 4) is 11.1 Å².